The van der Waals surface area contributed by atoms with Crippen molar-refractivity contribution < 1.29 is 14.0 Å². The third kappa shape index (κ3) is 3.03. The molecule has 0 aliphatic heterocycles. The fraction of sp³-hybridized carbons (Fsp3) is 0.150. The van der Waals surface area contributed by atoms with E-state index in [2.05, 4.69) is 15.1 Å². The molecule has 0 radical (unpaired) electrons. The number of ether oxygens (including phenoxy) is 2. The van der Waals surface area contributed by atoms with Gasteiger partial charge >= 0.3 is 0 Å². The van der Waals surface area contributed by atoms with Crippen molar-refractivity contribution in [2.24, 2.45) is 0 Å². The topological polar surface area (TPSA) is 90.2 Å². The number of aryl methyl sites for hydroxylation is 1. The number of H-pyrrole nitrogens is 1. The van der Waals surface area contributed by atoms with E-state index in [1.54, 1.807) is 38.6 Å². The summed E-state index contributed by atoms with van der Waals surface area (Å²) in [6.45, 7) is 1.94. The maximum Gasteiger partial charge on any atom is 0.263 e. The van der Waals surface area contributed by atoms with Gasteiger partial charge in [-0.25, -0.2) is 0 Å². The summed E-state index contributed by atoms with van der Waals surface area (Å²) in [5, 5.41) is 4.58. The Bertz CT molecular complexity index is 1170. The van der Waals surface area contributed by atoms with Crippen molar-refractivity contribution in [2.45, 2.75) is 6.92 Å². The third-order valence-electron chi connectivity index (χ3n) is 4.30. The largest absolute Gasteiger partial charge is 0.497 e. The van der Waals surface area contributed by atoms with Gasteiger partial charge in [0.1, 0.15) is 17.1 Å². The summed E-state index contributed by atoms with van der Waals surface area (Å²) in [7, 11) is 3.13. The smallest absolute Gasteiger partial charge is 0.263 e. The number of hydrogen-bond acceptors (Lipinski definition) is 6. The van der Waals surface area contributed by atoms with Gasteiger partial charge in [0.2, 0.25) is 11.3 Å². The average molecular weight is 363 g/mol. The van der Waals surface area contributed by atoms with Crippen molar-refractivity contribution in [3.8, 4) is 34.3 Å². The fourth-order valence-electron chi connectivity index (χ4n) is 2.88. The first-order chi connectivity index (χ1) is 13.1. The molecule has 0 spiro atoms. The second-order valence-corrected chi connectivity index (χ2v) is 6.10. The van der Waals surface area contributed by atoms with Gasteiger partial charge < -0.3 is 19.0 Å². The molecule has 0 fully saturated rings. The normalized spacial score (nSPS) is 10.9. The lowest BCUT2D eigenvalue weighted by Crippen LogP contribution is -2.06. The SMILES string of the molecule is COc1cc(OC)cc(-c2noc(-c3c[nH]c4ccc(C)cc4c3=O)n2)c1. The molecule has 27 heavy (non-hydrogen) atoms. The molecule has 0 aliphatic carbocycles. The predicted octanol–water partition coefficient (Wildman–Crippen LogP) is 3.57. The van der Waals surface area contributed by atoms with Crippen molar-refractivity contribution >= 4 is 10.9 Å². The van der Waals surface area contributed by atoms with E-state index in [4.69, 9.17) is 14.0 Å². The third-order valence-corrected chi connectivity index (χ3v) is 4.30. The number of aromatic amines is 1. The number of nitrogens with zero attached hydrogens (tertiary/aromatic N) is 2. The molecule has 0 bridgehead atoms. The minimum atomic E-state index is -0.161. The van der Waals surface area contributed by atoms with Crippen molar-refractivity contribution in [3.63, 3.8) is 0 Å². The minimum Gasteiger partial charge on any atom is -0.497 e. The molecule has 0 unspecified atom stereocenters. The minimum absolute atomic E-state index is 0.149. The lowest BCUT2D eigenvalue weighted by Gasteiger charge is -2.05. The second kappa shape index (κ2) is 6.60. The second-order valence-electron chi connectivity index (χ2n) is 6.10. The van der Waals surface area contributed by atoms with Crippen molar-refractivity contribution in [2.75, 3.05) is 14.2 Å². The van der Waals surface area contributed by atoms with Crippen LogP contribution in [0.2, 0.25) is 0 Å². The molecule has 2 aromatic carbocycles. The number of hydrogen-bond donors (Lipinski definition) is 1. The Morgan fingerprint density at radius 1 is 1.04 bits per heavy atom. The summed E-state index contributed by atoms with van der Waals surface area (Å²) in [5.74, 6) is 1.70. The number of aromatic nitrogens is 3. The number of rotatable bonds is 4. The molecule has 0 saturated heterocycles. The van der Waals surface area contributed by atoms with Crippen LogP contribution in [0.3, 0.4) is 0 Å². The highest BCUT2D eigenvalue weighted by atomic mass is 16.5. The average Bonchev–Trinajstić information content (AvgIpc) is 3.18. The molecule has 7 nitrogen and oxygen atoms in total. The predicted molar refractivity (Wildman–Crippen MR) is 101 cm³/mol. The molecule has 136 valence electrons. The van der Waals surface area contributed by atoms with Gasteiger partial charge in [-0.1, -0.05) is 16.8 Å². The molecule has 2 heterocycles. The van der Waals surface area contributed by atoms with E-state index < -0.39 is 0 Å². The zero-order valence-corrected chi connectivity index (χ0v) is 15.1. The number of pyridine rings is 1. The van der Waals surface area contributed by atoms with Crippen molar-refractivity contribution in [1.29, 1.82) is 0 Å². The van der Waals surface area contributed by atoms with Gasteiger partial charge in [-0.3, -0.25) is 4.79 Å². The van der Waals surface area contributed by atoms with Crippen LogP contribution < -0.4 is 14.9 Å². The van der Waals surface area contributed by atoms with E-state index in [0.29, 0.717) is 33.8 Å². The van der Waals surface area contributed by atoms with Crippen LogP contribution in [0.4, 0.5) is 0 Å². The Morgan fingerprint density at radius 3 is 2.48 bits per heavy atom. The Balaban J connectivity index is 1.81. The summed E-state index contributed by atoms with van der Waals surface area (Å²) < 4.78 is 15.9. The molecule has 4 rings (SSSR count). The standard InChI is InChI=1S/C20H17N3O4/c1-11-4-5-17-15(6-11)18(24)16(10-21-17)20-22-19(23-27-20)12-7-13(25-2)9-14(8-12)26-3/h4-10H,1-3H3,(H,21,24). The number of benzene rings is 2. The zero-order chi connectivity index (χ0) is 19.0. The van der Waals surface area contributed by atoms with Crippen LogP contribution in [0.15, 0.2) is 51.9 Å². The molecule has 2 aromatic heterocycles. The summed E-state index contributed by atoms with van der Waals surface area (Å²) in [5.41, 5.74) is 2.58. The van der Waals surface area contributed by atoms with Crippen LogP contribution in [0.1, 0.15) is 5.56 Å². The Morgan fingerprint density at radius 2 is 1.78 bits per heavy atom. The molecule has 0 atom stereocenters. The van der Waals surface area contributed by atoms with Gasteiger partial charge in [0.25, 0.3) is 5.89 Å². The van der Waals surface area contributed by atoms with E-state index in [0.717, 1.165) is 11.1 Å². The number of nitrogens with one attached hydrogen (secondary N) is 1. The number of methoxy groups -OCH3 is 2. The summed E-state index contributed by atoms with van der Waals surface area (Å²) in [4.78, 5) is 20.3. The van der Waals surface area contributed by atoms with Crippen LogP contribution in [0, 0.1) is 6.92 Å². The maximum absolute atomic E-state index is 12.8. The summed E-state index contributed by atoms with van der Waals surface area (Å²) >= 11 is 0. The quantitative estimate of drug-likeness (QED) is 0.596. The zero-order valence-electron chi connectivity index (χ0n) is 15.1. The monoisotopic (exact) mass is 363 g/mol. The van der Waals surface area contributed by atoms with Gasteiger partial charge in [0.05, 0.1) is 14.2 Å². The Labute approximate surface area is 154 Å². The van der Waals surface area contributed by atoms with Crippen LogP contribution in [0.25, 0.3) is 33.7 Å². The first-order valence-electron chi connectivity index (χ1n) is 8.28. The molecule has 0 amide bonds. The van der Waals surface area contributed by atoms with Gasteiger partial charge in [0.15, 0.2) is 0 Å². The van der Waals surface area contributed by atoms with Crippen LogP contribution in [0.5, 0.6) is 11.5 Å². The first kappa shape index (κ1) is 16.8. The van der Waals surface area contributed by atoms with Crippen LogP contribution >= 0.6 is 0 Å². The highest BCUT2D eigenvalue weighted by Crippen LogP contribution is 2.29. The van der Waals surface area contributed by atoms with E-state index in [1.807, 2.05) is 25.1 Å². The Kier molecular flexibility index (Phi) is 4.12. The van der Waals surface area contributed by atoms with Gasteiger partial charge in [-0.2, -0.15) is 4.98 Å². The van der Waals surface area contributed by atoms with E-state index in [1.165, 1.54) is 0 Å². The van der Waals surface area contributed by atoms with E-state index >= 15 is 0 Å². The first-order valence-corrected chi connectivity index (χ1v) is 8.28. The molecule has 0 aliphatic rings. The lowest BCUT2D eigenvalue weighted by molar-refractivity contribution is 0.394. The van der Waals surface area contributed by atoms with Crippen molar-refractivity contribution in [3.05, 3.63) is 58.4 Å². The highest BCUT2D eigenvalue weighted by Gasteiger charge is 2.16. The van der Waals surface area contributed by atoms with Crippen LogP contribution in [-0.2, 0) is 0 Å². The van der Waals surface area contributed by atoms with Gasteiger partial charge in [-0.15, -0.1) is 0 Å². The Hall–Kier alpha value is -3.61. The lowest BCUT2D eigenvalue weighted by atomic mass is 10.1. The fourth-order valence-corrected chi connectivity index (χ4v) is 2.88. The van der Waals surface area contributed by atoms with E-state index in [-0.39, 0.29) is 11.3 Å². The molecule has 4 aromatic rings. The molecule has 7 heteroatoms. The van der Waals surface area contributed by atoms with Gasteiger partial charge in [0, 0.05) is 28.7 Å². The molecular formula is C20H17N3O4. The highest BCUT2D eigenvalue weighted by molar-refractivity contribution is 5.82. The maximum atomic E-state index is 12.8. The summed E-state index contributed by atoms with van der Waals surface area (Å²) in [6.07, 6.45) is 1.59. The molecule has 0 saturated carbocycles. The van der Waals surface area contributed by atoms with Gasteiger partial charge in [-0.05, 0) is 31.2 Å². The summed E-state index contributed by atoms with van der Waals surface area (Å²) in [6, 6.07) is 10.9. The molecular weight excluding hydrogens is 346 g/mol. The van der Waals surface area contributed by atoms with Crippen molar-refractivity contribution in [1.82, 2.24) is 15.1 Å². The number of fused-ring (bicyclic) bond motifs is 1. The van der Waals surface area contributed by atoms with Crippen LogP contribution in [-0.4, -0.2) is 29.3 Å². The van der Waals surface area contributed by atoms with E-state index in [9.17, 15) is 4.79 Å². The molecule has 1 N–H and O–H groups in total.